The van der Waals surface area contributed by atoms with Gasteiger partial charge in [-0.1, -0.05) is 115 Å². The summed E-state index contributed by atoms with van der Waals surface area (Å²) in [6.45, 7) is 0. The molecule has 0 unspecified atom stereocenters. The minimum absolute atomic E-state index is 0.598. The van der Waals surface area contributed by atoms with Crippen molar-refractivity contribution >= 4 is 22.1 Å². The van der Waals surface area contributed by atoms with Crippen molar-refractivity contribution in [1.29, 1.82) is 0 Å². The minimum Gasteiger partial charge on any atom is -0.452 e. The summed E-state index contributed by atoms with van der Waals surface area (Å²) in [7, 11) is 0. The summed E-state index contributed by atoms with van der Waals surface area (Å²) in [5.41, 5.74) is 9.23. The van der Waals surface area contributed by atoms with Gasteiger partial charge in [-0.05, 0) is 28.8 Å². The van der Waals surface area contributed by atoms with Gasteiger partial charge in [-0.15, -0.1) is 0 Å². The molecule has 43 heavy (non-hydrogen) atoms. The van der Waals surface area contributed by atoms with Gasteiger partial charge in [-0.25, -0.2) is 24.9 Å². The topological polar surface area (TPSA) is 77.6 Å². The monoisotopic (exact) mass is 553 g/mol. The molecule has 0 atom stereocenters. The van der Waals surface area contributed by atoms with Crippen LogP contribution < -0.4 is 0 Å². The molecular formula is C37H23N5O. The van der Waals surface area contributed by atoms with Gasteiger partial charge < -0.3 is 4.42 Å². The summed E-state index contributed by atoms with van der Waals surface area (Å²) in [6.07, 6.45) is 3.24. The largest absolute Gasteiger partial charge is 0.452 e. The molecule has 0 saturated heterocycles. The number of hydrogen-bond acceptors (Lipinski definition) is 6. The standard InChI is InChI=1S/C37H23N5O/c1-3-9-24(10-4-1)25-17-19-27(20-18-25)36-40-35(26-11-5-2-6-12-26)41-37(42-36)29-14-7-13-28(21-29)30-15-8-16-31-33-32(43-34(30)31)22-38-23-39-33/h1-23H. The predicted molar refractivity (Wildman–Crippen MR) is 170 cm³/mol. The van der Waals surface area contributed by atoms with E-state index in [0.29, 0.717) is 23.1 Å². The summed E-state index contributed by atoms with van der Waals surface area (Å²) >= 11 is 0. The molecule has 6 heteroatoms. The maximum Gasteiger partial charge on any atom is 0.172 e. The van der Waals surface area contributed by atoms with E-state index in [2.05, 4.69) is 64.6 Å². The molecule has 5 aromatic carbocycles. The summed E-state index contributed by atoms with van der Waals surface area (Å²) in [6, 6.07) is 43.0. The zero-order chi connectivity index (χ0) is 28.6. The van der Waals surface area contributed by atoms with Crippen LogP contribution in [0.25, 0.3) is 78.5 Å². The van der Waals surface area contributed by atoms with Crippen LogP contribution in [0, 0.1) is 0 Å². The number of nitrogens with zero attached hydrogens (tertiary/aromatic N) is 5. The van der Waals surface area contributed by atoms with Crippen LogP contribution in [0.1, 0.15) is 0 Å². The van der Waals surface area contributed by atoms with Crippen molar-refractivity contribution in [2.45, 2.75) is 0 Å². The summed E-state index contributed by atoms with van der Waals surface area (Å²) in [5.74, 6) is 1.84. The number of para-hydroxylation sites is 1. The maximum atomic E-state index is 6.21. The normalized spacial score (nSPS) is 11.3. The molecule has 3 aromatic heterocycles. The lowest BCUT2D eigenvalue weighted by atomic mass is 10.0. The number of furan rings is 1. The number of hydrogen-bond donors (Lipinski definition) is 0. The first-order chi connectivity index (χ1) is 21.3. The molecule has 3 heterocycles. The van der Waals surface area contributed by atoms with Crippen molar-refractivity contribution in [1.82, 2.24) is 24.9 Å². The third kappa shape index (κ3) is 4.61. The molecule has 0 aliphatic rings. The molecule has 6 nitrogen and oxygen atoms in total. The van der Waals surface area contributed by atoms with E-state index in [1.54, 1.807) is 12.5 Å². The molecular weight excluding hydrogens is 530 g/mol. The number of aromatic nitrogens is 5. The first kappa shape index (κ1) is 24.8. The van der Waals surface area contributed by atoms with Crippen LogP contribution in [0.4, 0.5) is 0 Å². The number of fused-ring (bicyclic) bond motifs is 3. The number of rotatable bonds is 5. The molecule has 0 saturated carbocycles. The molecule has 0 N–H and O–H groups in total. The fourth-order valence-electron chi connectivity index (χ4n) is 5.38. The van der Waals surface area contributed by atoms with Gasteiger partial charge in [0.15, 0.2) is 23.1 Å². The maximum absolute atomic E-state index is 6.21. The van der Waals surface area contributed by atoms with Crippen LogP contribution in [0.5, 0.6) is 0 Å². The SMILES string of the molecule is c1ccc(-c2ccc(-c3nc(-c4ccccc4)nc(-c4cccc(-c5cccc6c5oc5cncnc56)c4)n3)cc2)cc1. The van der Waals surface area contributed by atoms with E-state index < -0.39 is 0 Å². The zero-order valence-corrected chi connectivity index (χ0v) is 22.9. The fourth-order valence-corrected chi connectivity index (χ4v) is 5.38. The van der Waals surface area contributed by atoms with E-state index >= 15 is 0 Å². The molecule has 0 spiro atoms. The summed E-state index contributed by atoms with van der Waals surface area (Å²) in [4.78, 5) is 23.4. The van der Waals surface area contributed by atoms with Crippen molar-refractivity contribution in [2.75, 3.05) is 0 Å². The second-order valence-electron chi connectivity index (χ2n) is 10.2. The lowest BCUT2D eigenvalue weighted by molar-refractivity contribution is 0.666. The van der Waals surface area contributed by atoms with Gasteiger partial charge >= 0.3 is 0 Å². The second-order valence-corrected chi connectivity index (χ2v) is 10.2. The molecule has 0 bridgehead atoms. The second kappa shape index (κ2) is 10.4. The Balaban J connectivity index is 1.25. The number of benzene rings is 5. The van der Waals surface area contributed by atoms with Crippen LogP contribution in [0.2, 0.25) is 0 Å². The van der Waals surface area contributed by atoms with Crippen molar-refractivity contribution < 1.29 is 4.42 Å². The minimum atomic E-state index is 0.598. The summed E-state index contributed by atoms with van der Waals surface area (Å²) in [5, 5.41) is 0.952. The molecule has 0 radical (unpaired) electrons. The van der Waals surface area contributed by atoms with Gasteiger partial charge in [0.05, 0.1) is 6.20 Å². The lowest BCUT2D eigenvalue weighted by Crippen LogP contribution is -2.00. The van der Waals surface area contributed by atoms with E-state index in [9.17, 15) is 0 Å². The third-order valence-corrected chi connectivity index (χ3v) is 7.51. The Morgan fingerprint density at radius 3 is 1.77 bits per heavy atom. The lowest BCUT2D eigenvalue weighted by Gasteiger charge is -2.10. The molecule has 8 aromatic rings. The van der Waals surface area contributed by atoms with Crippen LogP contribution in [-0.2, 0) is 0 Å². The van der Waals surface area contributed by atoms with Gasteiger partial charge in [0.2, 0.25) is 0 Å². The van der Waals surface area contributed by atoms with E-state index in [-0.39, 0.29) is 0 Å². The molecule has 0 amide bonds. The summed E-state index contributed by atoms with van der Waals surface area (Å²) < 4.78 is 6.21. The molecule has 8 rings (SSSR count). The average molecular weight is 554 g/mol. The first-order valence-electron chi connectivity index (χ1n) is 14.0. The average Bonchev–Trinajstić information content (AvgIpc) is 3.48. The smallest absolute Gasteiger partial charge is 0.172 e. The predicted octanol–water partition coefficient (Wildman–Crippen LogP) is 8.90. The van der Waals surface area contributed by atoms with E-state index in [0.717, 1.165) is 49.9 Å². The highest BCUT2D eigenvalue weighted by Crippen LogP contribution is 2.36. The Morgan fingerprint density at radius 1 is 0.465 bits per heavy atom. The van der Waals surface area contributed by atoms with Crippen molar-refractivity contribution in [3.8, 4) is 56.4 Å². The van der Waals surface area contributed by atoms with Gasteiger partial charge in [0.25, 0.3) is 0 Å². The van der Waals surface area contributed by atoms with Crippen LogP contribution >= 0.6 is 0 Å². The van der Waals surface area contributed by atoms with Gasteiger partial charge in [0.1, 0.15) is 17.4 Å². The molecule has 202 valence electrons. The Bertz CT molecular complexity index is 2230. The molecule has 0 aliphatic heterocycles. The Kier molecular flexibility index (Phi) is 6.01. The van der Waals surface area contributed by atoms with Crippen LogP contribution in [-0.4, -0.2) is 24.9 Å². The van der Waals surface area contributed by atoms with Gasteiger partial charge in [-0.3, -0.25) is 0 Å². The van der Waals surface area contributed by atoms with E-state index in [1.165, 1.54) is 5.56 Å². The first-order valence-corrected chi connectivity index (χ1v) is 14.0. The quantitative estimate of drug-likeness (QED) is 0.212. The highest BCUT2D eigenvalue weighted by Gasteiger charge is 2.16. The van der Waals surface area contributed by atoms with Crippen molar-refractivity contribution in [3.05, 3.63) is 140 Å². The molecule has 0 fully saturated rings. The van der Waals surface area contributed by atoms with E-state index in [4.69, 9.17) is 19.4 Å². The van der Waals surface area contributed by atoms with Gasteiger partial charge in [-0.2, -0.15) is 0 Å². The highest BCUT2D eigenvalue weighted by molar-refractivity contribution is 6.07. The van der Waals surface area contributed by atoms with Crippen molar-refractivity contribution in [3.63, 3.8) is 0 Å². The molecule has 0 aliphatic carbocycles. The van der Waals surface area contributed by atoms with Crippen molar-refractivity contribution in [2.24, 2.45) is 0 Å². The Morgan fingerprint density at radius 2 is 1.02 bits per heavy atom. The highest BCUT2D eigenvalue weighted by atomic mass is 16.3. The fraction of sp³-hybridized carbons (Fsp3) is 0. The zero-order valence-electron chi connectivity index (χ0n) is 22.9. The van der Waals surface area contributed by atoms with E-state index in [1.807, 2.05) is 72.8 Å². The third-order valence-electron chi connectivity index (χ3n) is 7.51. The Labute approximate surface area is 247 Å². The van der Waals surface area contributed by atoms with Crippen LogP contribution in [0.3, 0.4) is 0 Å². The van der Waals surface area contributed by atoms with Gasteiger partial charge in [0, 0.05) is 27.6 Å². The Hall–Kier alpha value is -6.01. The van der Waals surface area contributed by atoms with Crippen LogP contribution in [0.15, 0.2) is 144 Å².